The Morgan fingerprint density at radius 2 is 1.88 bits per heavy atom. The summed E-state index contributed by atoms with van der Waals surface area (Å²) in [4.78, 5) is 3.67. The number of hydrogen-bond acceptors (Lipinski definition) is 3. The van der Waals surface area contributed by atoms with Gasteiger partial charge in [-0.3, -0.25) is 0 Å². The molecule has 7 heteroatoms. The molecule has 90 valence electrons. The Bertz CT molecular complexity index is 713. The minimum Gasteiger partial charge on any atom is -0.234 e. The van der Waals surface area contributed by atoms with Crippen LogP contribution in [0.2, 0.25) is 10.2 Å². The van der Waals surface area contributed by atoms with Crippen LogP contribution in [-0.4, -0.2) is 13.4 Å². The number of pyridine rings is 1. The van der Waals surface area contributed by atoms with Crippen LogP contribution in [0.3, 0.4) is 0 Å². The molecule has 0 radical (unpaired) electrons. The second-order valence-electron chi connectivity index (χ2n) is 3.45. The van der Waals surface area contributed by atoms with Crippen molar-refractivity contribution in [3.63, 3.8) is 0 Å². The number of para-hydroxylation sites is 1. The van der Waals surface area contributed by atoms with E-state index in [1.807, 2.05) is 13.0 Å². The molecule has 0 aliphatic heterocycles. The molecule has 0 amide bonds. The maximum absolute atomic E-state index is 11.4. The average Bonchev–Trinajstić information content (AvgIpc) is 2.17. The van der Waals surface area contributed by atoms with E-state index in [0.717, 1.165) is 5.56 Å². The number of aromatic nitrogens is 1. The van der Waals surface area contributed by atoms with Crippen LogP contribution in [0.1, 0.15) is 5.56 Å². The van der Waals surface area contributed by atoms with Gasteiger partial charge in [-0.25, -0.2) is 13.4 Å². The van der Waals surface area contributed by atoms with Gasteiger partial charge in [-0.15, -0.1) is 0 Å². The zero-order chi connectivity index (χ0) is 12.8. The van der Waals surface area contributed by atoms with Crippen LogP contribution < -0.4 is 0 Å². The Kier molecular flexibility index (Phi) is 3.25. The minimum absolute atomic E-state index is 0.00120. The Morgan fingerprint density at radius 3 is 2.47 bits per heavy atom. The summed E-state index contributed by atoms with van der Waals surface area (Å²) < 4.78 is 22.7. The van der Waals surface area contributed by atoms with Crippen LogP contribution in [0.5, 0.6) is 0 Å². The van der Waals surface area contributed by atoms with Crippen LogP contribution in [-0.2, 0) is 9.05 Å². The van der Waals surface area contributed by atoms with Gasteiger partial charge in [-0.05, 0) is 12.5 Å². The molecule has 0 unspecified atom stereocenters. The lowest BCUT2D eigenvalue weighted by molar-refractivity contribution is 0.609. The number of nitrogens with zero attached hydrogens (tertiary/aromatic N) is 1. The van der Waals surface area contributed by atoms with Gasteiger partial charge in [0.25, 0.3) is 9.05 Å². The summed E-state index contributed by atoms with van der Waals surface area (Å²) in [5, 5.41) is 0.292. The zero-order valence-electron chi connectivity index (χ0n) is 8.54. The lowest BCUT2D eigenvalue weighted by atomic mass is 10.1. The molecule has 1 aromatic carbocycles. The largest absolute Gasteiger partial charge is 0.265 e. The van der Waals surface area contributed by atoms with Gasteiger partial charge < -0.3 is 0 Å². The number of halogens is 3. The van der Waals surface area contributed by atoms with Crippen LogP contribution in [0.4, 0.5) is 0 Å². The molecule has 17 heavy (non-hydrogen) atoms. The van der Waals surface area contributed by atoms with Gasteiger partial charge in [-0.2, -0.15) is 0 Å². The van der Waals surface area contributed by atoms with Crippen molar-refractivity contribution in [2.45, 2.75) is 11.8 Å². The predicted octanol–water partition coefficient (Wildman–Crippen LogP) is 3.78. The molecule has 0 saturated heterocycles. The molecule has 0 atom stereocenters. The van der Waals surface area contributed by atoms with Gasteiger partial charge in [0, 0.05) is 16.1 Å². The monoisotopic (exact) mass is 309 g/mol. The van der Waals surface area contributed by atoms with Crippen LogP contribution in [0.25, 0.3) is 10.9 Å². The second kappa shape index (κ2) is 4.28. The van der Waals surface area contributed by atoms with Gasteiger partial charge >= 0.3 is 0 Å². The van der Waals surface area contributed by atoms with E-state index in [4.69, 9.17) is 33.9 Å². The lowest BCUT2D eigenvalue weighted by Gasteiger charge is -2.08. The molecule has 0 fully saturated rings. The van der Waals surface area contributed by atoms with Crippen LogP contribution >= 0.6 is 33.9 Å². The van der Waals surface area contributed by atoms with Crippen LogP contribution in [0, 0.1) is 6.92 Å². The summed E-state index contributed by atoms with van der Waals surface area (Å²) in [6.45, 7) is 1.83. The fourth-order valence-corrected chi connectivity index (χ4v) is 3.89. The highest BCUT2D eigenvalue weighted by Gasteiger charge is 2.23. The van der Waals surface area contributed by atoms with Crippen LogP contribution in [0.15, 0.2) is 23.1 Å². The predicted molar refractivity (Wildman–Crippen MR) is 69.5 cm³/mol. The molecule has 0 spiro atoms. The second-order valence-corrected chi connectivity index (χ2v) is 6.69. The molecular formula is C10H6Cl3NO2S. The molecule has 0 N–H and O–H groups in total. The minimum atomic E-state index is -4.02. The topological polar surface area (TPSA) is 47.0 Å². The van der Waals surface area contributed by atoms with Gasteiger partial charge in [0.1, 0.15) is 4.90 Å². The SMILES string of the molecule is Cc1cccc2c(Cl)c(S(=O)(=O)Cl)c(Cl)nc12. The van der Waals surface area contributed by atoms with E-state index in [-0.39, 0.29) is 15.1 Å². The third kappa shape index (κ3) is 2.22. The van der Waals surface area contributed by atoms with Crippen molar-refractivity contribution in [1.29, 1.82) is 0 Å². The number of hydrogen-bond donors (Lipinski definition) is 0. The highest BCUT2D eigenvalue weighted by Crippen LogP contribution is 2.36. The Morgan fingerprint density at radius 1 is 1.24 bits per heavy atom. The van der Waals surface area contributed by atoms with E-state index in [9.17, 15) is 8.42 Å². The first kappa shape index (κ1) is 12.9. The van der Waals surface area contributed by atoms with Crippen molar-refractivity contribution in [3.05, 3.63) is 33.9 Å². The fourth-order valence-electron chi connectivity index (χ4n) is 1.55. The summed E-state index contributed by atoms with van der Waals surface area (Å²) in [7, 11) is 1.25. The first-order valence-corrected chi connectivity index (χ1v) is 7.58. The summed E-state index contributed by atoms with van der Waals surface area (Å²) in [6.07, 6.45) is 0. The van der Waals surface area contributed by atoms with Crippen molar-refractivity contribution in [1.82, 2.24) is 4.98 Å². The molecule has 1 heterocycles. The maximum atomic E-state index is 11.4. The highest BCUT2D eigenvalue weighted by atomic mass is 35.7. The third-order valence-electron chi connectivity index (χ3n) is 2.31. The van der Waals surface area contributed by atoms with Gasteiger partial charge in [0.05, 0.1) is 10.5 Å². The maximum Gasteiger partial charge on any atom is 0.265 e. The van der Waals surface area contributed by atoms with Crippen molar-refractivity contribution in [2.75, 3.05) is 0 Å². The smallest absolute Gasteiger partial charge is 0.234 e. The molecule has 0 aliphatic carbocycles. The molecule has 3 nitrogen and oxygen atoms in total. The molecule has 0 saturated carbocycles. The molecule has 0 aliphatic rings. The average molecular weight is 311 g/mol. The Hall–Kier alpha value is -0.550. The van der Waals surface area contributed by atoms with Crippen molar-refractivity contribution in [2.24, 2.45) is 0 Å². The number of fused-ring (bicyclic) bond motifs is 1. The first-order valence-electron chi connectivity index (χ1n) is 4.51. The number of benzene rings is 1. The highest BCUT2D eigenvalue weighted by molar-refractivity contribution is 8.14. The van der Waals surface area contributed by atoms with E-state index in [1.54, 1.807) is 12.1 Å². The van der Waals surface area contributed by atoms with Crippen molar-refractivity contribution in [3.8, 4) is 0 Å². The van der Waals surface area contributed by atoms with E-state index < -0.39 is 9.05 Å². The molecular weight excluding hydrogens is 305 g/mol. The summed E-state index contributed by atoms with van der Waals surface area (Å²) in [6, 6.07) is 5.25. The lowest BCUT2D eigenvalue weighted by Crippen LogP contribution is -1.98. The summed E-state index contributed by atoms with van der Waals surface area (Å²) >= 11 is 11.8. The Balaban J connectivity index is 3.01. The molecule has 0 bridgehead atoms. The van der Waals surface area contributed by atoms with Gasteiger partial charge in [0.15, 0.2) is 5.15 Å². The summed E-state index contributed by atoms with van der Waals surface area (Å²) in [5.41, 5.74) is 1.41. The van der Waals surface area contributed by atoms with Gasteiger partial charge in [0.2, 0.25) is 0 Å². The van der Waals surface area contributed by atoms with Crippen molar-refractivity contribution < 1.29 is 8.42 Å². The number of rotatable bonds is 1. The first-order chi connectivity index (χ1) is 7.82. The van der Waals surface area contributed by atoms with Gasteiger partial charge in [-0.1, -0.05) is 41.4 Å². The fraction of sp³-hybridized carbons (Fsp3) is 0.100. The standard InChI is InChI=1S/C10H6Cl3NO2S/c1-5-3-2-4-6-7(11)9(17(13,15)16)10(12)14-8(5)6/h2-4H,1H3. The zero-order valence-corrected chi connectivity index (χ0v) is 11.6. The van der Waals surface area contributed by atoms with Crippen molar-refractivity contribution >= 4 is 53.8 Å². The molecule has 2 aromatic rings. The van der Waals surface area contributed by atoms with E-state index in [0.29, 0.717) is 10.9 Å². The third-order valence-corrected chi connectivity index (χ3v) is 4.55. The summed E-state index contributed by atoms with van der Waals surface area (Å²) in [5.74, 6) is 0. The molecule has 1 aromatic heterocycles. The molecule has 2 rings (SSSR count). The normalized spacial score (nSPS) is 12.0. The Labute approximate surface area is 113 Å². The van der Waals surface area contributed by atoms with E-state index in [1.165, 1.54) is 0 Å². The van der Waals surface area contributed by atoms with E-state index >= 15 is 0 Å². The number of aryl methyl sites for hydroxylation is 1. The quantitative estimate of drug-likeness (QED) is 0.595. The van der Waals surface area contributed by atoms with E-state index in [2.05, 4.69) is 4.98 Å².